The van der Waals surface area contributed by atoms with Crippen LogP contribution in [0.3, 0.4) is 0 Å². The summed E-state index contributed by atoms with van der Waals surface area (Å²) in [4.78, 5) is 11.6. The first kappa shape index (κ1) is 32.6. The summed E-state index contributed by atoms with van der Waals surface area (Å²) in [5.74, 6) is 0.538. The maximum absolute atomic E-state index is 4.22. The van der Waals surface area contributed by atoms with Crippen molar-refractivity contribution < 1.29 is 20.1 Å². The summed E-state index contributed by atoms with van der Waals surface area (Å²) in [5, 5.41) is 0. The third-order valence-electron chi connectivity index (χ3n) is 9.46. The number of pyridine rings is 1. The normalized spacial score (nSPS) is 16.4. The number of aromatic nitrogens is 1. The summed E-state index contributed by atoms with van der Waals surface area (Å²) >= 11 is 1.90. The largest absolute Gasteiger partial charge is 3.00 e. The molecule has 0 bridgehead atoms. The molecule has 46 heavy (non-hydrogen) atoms. The summed E-state index contributed by atoms with van der Waals surface area (Å²) < 4.78 is 0. The van der Waals surface area contributed by atoms with Crippen molar-refractivity contribution in [2.45, 2.75) is 80.9 Å². The molecule has 0 atom stereocenters. The Morgan fingerprint density at radius 3 is 2.28 bits per heavy atom. The fourth-order valence-electron chi connectivity index (χ4n) is 6.58. The molecule has 0 fully saturated rings. The number of nitrogens with zero attached hydrogens (tertiary/aromatic N) is 3. The van der Waals surface area contributed by atoms with Gasteiger partial charge < -0.3 is 14.8 Å². The number of hydrogen-bond acceptors (Lipinski definition) is 4. The van der Waals surface area contributed by atoms with E-state index in [9.17, 15) is 0 Å². The van der Waals surface area contributed by atoms with Gasteiger partial charge in [0.05, 0.1) is 0 Å². The van der Waals surface area contributed by atoms with Gasteiger partial charge in [0.25, 0.3) is 0 Å². The molecule has 1 aliphatic carbocycles. The molecule has 5 heteroatoms. The van der Waals surface area contributed by atoms with Crippen LogP contribution >= 0.6 is 11.8 Å². The van der Waals surface area contributed by atoms with E-state index in [0.717, 1.165) is 11.3 Å². The Kier molecular flexibility index (Phi) is 8.97. The van der Waals surface area contributed by atoms with Crippen molar-refractivity contribution in [3.05, 3.63) is 133 Å². The molecule has 0 spiro atoms. The van der Waals surface area contributed by atoms with Gasteiger partial charge in [-0.15, -0.1) is 48.1 Å². The monoisotopic (exact) mass is 799 g/mol. The summed E-state index contributed by atoms with van der Waals surface area (Å²) in [7, 11) is 0. The minimum absolute atomic E-state index is 0. The van der Waals surface area contributed by atoms with Crippen molar-refractivity contribution in [1.29, 1.82) is 0 Å². The Morgan fingerprint density at radius 1 is 0.826 bits per heavy atom. The predicted molar refractivity (Wildman–Crippen MR) is 189 cm³/mol. The third kappa shape index (κ3) is 5.94. The van der Waals surface area contributed by atoms with Crippen molar-refractivity contribution in [1.82, 2.24) is 4.98 Å². The maximum Gasteiger partial charge on any atom is 3.00 e. The first-order valence-electron chi connectivity index (χ1n) is 16.0. The first-order valence-corrected chi connectivity index (χ1v) is 16.8. The van der Waals surface area contributed by atoms with Gasteiger partial charge in [-0.05, 0) is 59.3 Å². The second-order valence-corrected chi connectivity index (χ2v) is 14.9. The molecule has 234 valence electrons. The quantitative estimate of drug-likeness (QED) is 0.169. The van der Waals surface area contributed by atoms with Crippen LogP contribution in [0.1, 0.15) is 77.0 Å². The molecule has 2 aliphatic heterocycles. The first-order chi connectivity index (χ1) is 21.6. The average molecular weight is 799 g/mol. The van der Waals surface area contributed by atoms with Crippen LogP contribution in [0, 0.1) is 18.8 Å². The number of benzene rings is 4. The van der Waals surface area contributed by atoms with Crippen LogP contribution in [-0.2, 0) is 30.9 Å². The Morgan fingerprint density at radius 2 is 1.59 bits per heavy atom. The number of anilines is 4. The smallest absolute Gasteiger partial charge is 0.492 e. The van der Waals surface area contributed by atoms with E-state index in [1.54, 1.807) is 6.20 Å². The second-order valence-electron chi connectivity index (χ2n) is 13.9. The Bertz CT molecular complexity index is 1790. The van der Waals surface area contributed by atoms with E-state index in [-0.39, 0.29) is 30.9 Å². The van der Waals surface area contributed by atoms with Crippen molar-refractivity contribution in [2.75, 3.05) is 9.80 Å². The van der Waals surface area contributed by atoms with Crippen LogP contribution in [0.2, 0.25) is 0 Å². The van der Waals surface area contributed by atoms with Gasteiger partial charge in [-0.1, -0.05) is 94.3 Å². The van der Waals surface area contributed by atoms with E-state index < -0.39 is 0 Å². The van der Waals surface area contributed by atoms with Crippen LogP contribution in [0.4, 0.5) is 22.7 Å². The van der Waals surface area contributed by atoms with Crippen LogP contribution in [0.15, 0.2) is 107 Å². The maximum atomic E-state index is 4.22. The molecule has 0 amide bonds. The van der Waals surface area contributed by atoms with Gasteiger partial charge in [0.2, 0.25) is 0 Å². The summed E-state index contributed by atoms with van der Waals surface area (Å²) in [6.45, 7) is 16.3. The van der Waals surface area contributed by atoms with Crippen LogP contribution in [0.5, 0.6) is 0 Å². The molecule has 3 aliphatic rings. The molecule has 1 aromatic heterocycles. The van der Waals surface area contributed by atoms with E-state index in [2.05, 4.69) is 124 Å². The van der Waals surface area contributed by atoms with Gasteiger partial charge in [0.15, 0.2) is 0 Å². The van der Waals surface area contributed by atoms with Crippen LogP contribution < -0.4 is 9.80 Å². The third-order valence-corrected chi connectivity index (χ3v) is 10.5. The number of hydrogen-bond donors (Lipinski definition) is 0. The van der Waals surface area contributed by atoms with Crippen molar-refractivity contribution in [3.63, 3.8) is 0 Å². The molecule has 0 N–H and O–H groups in total. The summed E-state index contributed by atoms with van der Waals surface area (Å²) in [6.07, 6.45) is 4.21. The Hall–Kier alpha value is -3.37. The molecule has 0 saturated heterocycles. The van der Waals surface area contributed by atoms with Gasteiger partial charge in [-0.25, -0.2) is 0 Å². The fourth-order valence-corrected chi connectivity index (χ4v) is 7.69. The van der Waals surface area contributed by atoms with E-state index >= 15 is 0 Å². The molecule has 3 heterocycles. The molecule has 0 unspecified atom stereocenters. The van der Waals surface area contributed by atoms with Crippen molar-refractivity contribution >= 4 is 34.5 Å². The van der Waals surface area contributed by atoms with E-state index in [1.807, 2.05) is 54.2 Å². The Balaban J connectivity index is 0.000000241. The minimum atomic E-state index is 0. The average Bonchev–Trinajstić information content (AvgIpc) is 3.45. The van der Waals surface area contributed by atoms with Gasteiger partial charge >= 0.3 is 20.1 Å². The number of rotatable bonds is 3. The number of para-hydroxylation sites is 1. The van der Waals surface area contributed by atoms with E-state index in [1.165, 1.54) is 62.1 Å². The molecule has 4 aromatic carbocycles. The van der Waals surface area contributed by atoms with Crippen molar-refractivity contribution in [2.24, 2.45) is 0 Å². The zero-order valence-electron chi connectivity index (χ0n) is 27.4. The zero-order valence-corrected chi connectivity index (χ0v) is 30.6. The topological polar surface area (TPSA) is 19.4 Å². The molecular formula is C41H40IrN3S. The second kappa shape index (κ2) is 12.7. The molecule has 5 aromatic rings. The molecular weight excluding hydrogens is 759 g/mol. The molecule has 8 rings (SSSR count). The predicted octanol–water partition coefficient (Wildman–Crippen LogP) is 11.4. The fraction of sp³-hybridized carbons (Fsp3) is 0.268. The summed E-state index contributed by atoms with van der Waals surface area (Å²) in [5.41, 5.74) is 11.5. The molecule has 3 nitrogen and oxygen atoms in total. The van der Waals surface area contributed by atoms with Crippen LogP contribution in [-0.4, -0.2) is 4.98 Å². The van der Waals surface area contributed by atoms with Gasteiger partial charge in [-0.2, -0.15) is 29.5 Å². The van der Waals surface area contributed by atoms with E-state index in [0.29, 0.717) is 5.92 Å². The molecule has 0 radical (unpaired) electrons. The Labute approximate surface area is 292 Å². The number of fused-ring (bicyclic) bond motifs is 3. The van der Waals surface area contributed by atoms with Gasteiger partial charge in [0, 0.05) is 28.2 Å². The standard InChI is InChI=1S/C30H32N2S.C11H8N.Ir/c1-19(2)20-10-12-21(13-11-20)31-18-32-25-16-22-23(30(5,6)15-14-29(22,3)4)17-27(25)33-26-9-7-8-24(31)28(26)32;1-2-6-10(7-3-1)11-8-4-5-9-12-11;/h7-13,17-19H,14-15H2,1-6H3;1-6,8-9H;/q-2;-1;+3. The molecule has 0 saturated carbocycles. The van der Waals surface area contributed by atoms with Gasteiger partial charge in [-0.3, -0.25) is 0 Å². The van der Waals surface area contributed by atoms with Crippen molar-refractivity contribution in [3.8, 4) is 11.3 Å². The van der Waals surface area contributed by atoms with Crippen LogP contribution in [0.25, 0.3) is 11.3 Å². The summed E-state index contributed by atoms with van der Waals surface area (Å²) in [6, 6.07) is 38.9. The van der Waals surface area contributed by atoms with E-state index in [4.69, 9.17) is 0 Å². The van der Waals surface area contributed by atoms with Gasteiger partial charge in [0.1, 0.15) is 0 Å². The minimum Gasteiger partial charge on any atom is -0.492 e. The zero-order chi connectivity index (χ0) is 31.3. The SMILES string of the molecule is CC(C)c1ccc(N2[CH-]N3c4[c-]c5c(cc4Sc4cccc2c43)C(C)(C)CCC5(C)C)cc1.[Ir+3].[c-]1ccccc1-c1ccccn1.